The maximum atomic E-state index is 9.21. The fourth-order valence-electron chi connectivity index (χ4n) is 1.77. The summed E-state index contributed by atoms with van der Waals surface area (Å²) in [4.78, 5) is 0. The van der Waals surface area contributed by atoms with Crippen molar-refractivity contribution >= 4 is 5.84 Å². The van der Waals surface area contributed by atoms with Crippen molar-refractivity contribution < 1.29 is 5.11 Å². The van der Waals surface area contributed by atoms with E-state index in [4.69, 9.17) is 11.1 Å². The topological polar surface area (TPSA) is 70.1 Å². The van der Waals surface area contributed by atoms with Gasteiger partial charge < -0.3 is 10.8 Å². The lowest BCUT2D eigenvalue weighted by atomic mass is 9.99. The summed E-state index contributed by atoms with van der Waals surface area (Å²) in [5.74, 6) is 0.341. The van der Waals surface area contributed by atoms with E-state index in [1.54, 1.807) is 12.1 Å². The molecule has 0 aliphatic heterocycles. The summed E-state index contributed by atoms with van der Waals surface area (Å²) in [6.45, 7) is 0. The van der Waals surface area contributed by atoms with Gasteiger partial charge in [-0.15, -0.1) is 0 Å². The van der Waals surface area contributed by atoms with E-state index in [-0.39, 0.29) is 11.6 Å². The van der Waals surface area contributed by atoms with Crippen molar-refractivity contribution in [1.82, 2.24) is 0 Å². The monoisotopic (exact) mass is 226 g/mol. The van der Waals surface area contributed by atoms with Crippen LogP contribution in [-0.2, 0) is 6.42 Å². The molecule has 3 nitrogen and oxygen atoms in total. The zero-order valence-corrected chi connectivity index (χ0v) is 9.35. The van der Waals surface area contributed by atoms with Gasteiger partial charge in [-0.25, -0.2) is 0 Å². The first-order valence-corrected chi connectivity index (χ1v) is 5.37. The minimum atomic E-state index is 0.0828. The Labute approximate surface area is 100 Å². The highest BCUT2D eigenvalue weighted by Crippen LogP contribution is 2.16. The summed E-state index contributed by atoms with van der Waals surface area (Å²) in [7, 11) is 0. The summed E-state index contributed by atoms with van der Waals surface area (Å²) in [6, 6.07) is 14.7. The largest absolute Gasteiger partial charge is 0.508 e. The molecule has 3 heteroatoms. The molecule has 0 saturated heterocycles. The molecular weight excluding hydrogens is 212 g/mol. The van der Waals surface area contributed by atoms with E-state index in [1.165, 1.54) is 0 Å². The molecule has 0 aromatic heterocycles. The molecule has 0 aliphatic carbocycles. The first-order chi connectivity index (χ1) is 8.16. The molecule has 2 rings (SSSR count). The van der Waals surface area contributed by atoms with Gasteiger partial charge in [-0.2, -0.15) is 0 Å². The van der Waals surface area contributed by atoms with E-state index < -0.39 is 0 Å². The van der Waals surface area contributed by atoms with Gasteiger partial charge in [-0.3, -0.25) is 5.41 Å². The van der Waals surface area contributed by atoms with E-state index in [9.17, 15) is 5.11 Å². The number of hydrogen-bond acceptors (Lipinski definition) is 2. The molecule has 4 N–H and O–H groups in total. The zero-order chi connectivity index (χ0) is 12.3. The SMILES string of the molecule is N=C(N)c1ccccc1Cc1ccc(O)cc1. The Morgan fingerprint density at radius 1 is 1.06 bits per heavy atom. The molecule has 0 heterocycles. The molecule has 0 atom stereocenters. The van der Waals surface area contributed by atoms with Gasteiger partial charge in [0.1, 0.15) is 11.6 Å². The van der Waals surface area contributed by atoms with Crippen molar-refractivity contribution in [2.24, 2.45) is 5.73 Å². The van der Waals surface area contributed by atoms with Crippen LogP contribution in [0.2, 0.25) is 0 Å². The molecule has 0 bridgehead atoms. The van der Waals surface area contributed by atoms with Crippen molar-refractivity contribution in [1.29, 1.82) is 5.41 Å². The number of phenols is 1. The maximum Gasteiger partial charge on any atom is 0.123 e. The van der Waals surface area contributed by atoms with Crippen LogP contribution in [0.5, 0.6) is 5.75 Å². The van der Waals surface area contributed by atoms with E-state index >= 15 is 0 Å². The van der Waals surface area contributed by atoms with Crippen LogP contribution in [0.15, 0.2) is 48.5 Å². The van der Waals surface area contributed by atoms with Crippen LogP contribution in [0, 0.1) is 5.41 Å². The quantitative estimate of drug-likeness (QED) is 0.555. The summed E-state index contributed by atoms with van der Waals surface area (Å²) < 4.78 is 0. The lowest BCUT2D eigenvalue weighted by Gasteiger charge is -2.08. The Hall–Kier alpha value is -2.29. The van der Waals surface area contributed by atoms with Gasteiger partial charge in [0.15, 0.2) is 0 Å². The molecule has 0 saturated carbocycles. The number of aromatic hydroxyl groups is 1. The molecule has 86 valence electrons. The number of benzene rings is 2. The lowest BCUT2D eigenvalue weighted by Crippen LogP contribution is -2.13. The number of nitrogen functional groups attached to an aromatic ring is 1. The Bertz CT molecular complexity index is 532. The van der Waals surface area contributed by atoms with Crippen molar-refractivity contribution in [3.05, 3.63) is 65.2 Å². The van der Waals surface area contributed by atoms with Gasteiger partial charge >= 0.3 is 0 Å². The van der Waals surface area contributed by atoms with Gasteiger partial charge in [0.25, 0.3) is 0 Å². The molecule has 0 radical (unpaired) electrons. The van der Waals surface area contributed by atoms with Crippen LogP contribution in [0.1, 0.15) is 16.7 Å². The molecule has 0 aliphatic rings. The van der Waals surface area contributed by atoms with Crippen LogP contribution in [0.25, 0.3) is 0 Å². The highest BCUT2D eigenvalue weighted by Gasteiger charge is 2.05. The van der Waals surface area contributed by atoms with Crippen molar-refractivity contribution in [3.8, 4) is 5.75 Å². The van der Waals surface area contributed by atoms with Crippen LogP contribution in [0.4, 0.5) is 0 Å². The Morgan fingerprint density at radius 2 is 1.71 bits per heavy atom. The summed E-state index contributed by atoms with van der Waals surface area (Å²) in [6.07, 6.45) is 0.704. The molecule has 0 spiro atoms. The first-order valence-electron chi connectivity index (χ1n) is 5.37. The second-order valence-corrected chi connectivity index (χ2v) is 3.91. The van der Waals surface area contributed by atoms with Crippen LogP contribution in [-0.4, -0.2) is 10.9 Å². The number of nitrogens with one attached hydrogen (secondary N) is 1. The summed E-state index contributed by atoms with van der Waals surface area (Å²) in [5, 5.41) is 16.7. The minimum absolute atomic E-state index is 0.0828. The molecule has 0 amide bonds. The van der Waals surface area contributed by atoms with E-state index in [2.05, 4.69) is 0 Å². The normalized spacial score (nSPS) is 10.1. The lowest BCUT2D eigenvalue weighted by molar-refractivity contribution is 0.475. The molecule has 0 unspecified atom stereocenters. The third-order valence-corrected chi connectivity index (χ3v) is 2.64. The van der Waals surface area contributed by atoms with Crippen molar-refractivity contribution in [2.45, 2.75) is 6.42 Å². The maximum absolute atomic E-state index is 9.21. The second-order valence-electron chi connectivity index (χ2n) is 3.91. The predicted molar refractivity (Wildman–Crippen MR) is 68.4 cm³/mol. The zero-order valence-electron chi connectivity index (χ0n) is 9.35. The van der Waals surface area contributed by atoms with Crippen molar-refractivity contribution in [2.75, 3.05) is 0 Å². The first kappa shape index (κ1) is 11.2. The second kappa shape index (κ2) is 4.70. The Morgan fingerprint density at radius 3 is 2.35 bits per heavy atom. The standard InChI is InChI=1S/C14H14N2O/c15-14(16)13-4-2-1-3-11(13)9-10-5-7-12(17)8-6-10/h1-8,17H,9H2,(H3,15,16). The van der Waals surface area contributed by atoms with Gasteiger partial charge in [-0.1, -0.05) is 36.4 Å². The summed E-state index contributed by atoms with van der Waals surface area (Å²) >= 11 is 0. The van der Waals surface area contributed by atoms with E-state index in [0.29, 0.717) is 6.42 Å². The number of amidine groups is 1. The van der Waals surface area contributed by atoms with Crippen LogP contribution in [0.3, 0.4) is 0 Å². The van der Waals surface area contributed by atoms with Crippen LogP contribution < -0.4 is 5.73 Å². The number of nitrogens with two attached hydrogens (primary N) is 1. The predicted octanol–water partition coefficient (Wildman–Crippen LogP) is 2.27. The molecule has 0 fully saturated rings. The third kappa shape index (κ3) is 2.64. The number of phenolic OH excluding ortho intramolecular Hbond substituents is 1. The summed E-state index contributed by atoms with van der Waals surface area (Å²) in [5.41, 5.74) is 8.40. The fourth-order valence-corrected chi connectivity index (χ4v) is 1.77. The number of hydrogen-bond donors (Lipinski definition) is 3. The highest BCUT2D eigenvalue weighted by molar-refractivity contribution is 5.96. The molecular formula is C14H14N2O. The Balaban J connectivity index is 2.30. The molecule has 2 aromatic rings. The average molecular weight is 226 g/mol. The smallest absolute Gasteiger partial charge is 0.123 e. The molecule has 17 heavy (non-hydrogen) atoms. The van der Waals surface area contributed by atoms with Gasteiger partial charge in [0.05, 0.1) is 0 Å². The van der Waals surface area contributed by atoms with Crippen molar-refractivity contribution in [3.63, 3.8) is 0 Å². The third-order valence-electron chi connectivity index (χ3n) is 2.64. The molecule has 2 aromatic carbocycles. The average Bonchev–Trinajstić information content (AvgIpc) is 2.32. The van der Waals surface area contributed by atoms with Gasteiger partial charge in [0, 0.05) is 5.56 Å². The van der Waals surface area contributed by atoms with Crippen LogP contribution >= 0.6 is 0 Å². The van der Waals surface area contributed by atoms with E-state index in [0.717, 1.165) is 16.7 Å². The number of rotatable bonds is 3. The Kier molecular flexibility index (Phi) is 3.10. The highest BCUT2D eigenvalue weighted by atomic mass is 16.3. The van der Waals surface area contributed by atoms with E-state index in [1.807, 2.05) is 36.4 Å². The van der Waals surface area contributed by atoms with Gasteiger partial charge in [-0.05, 0) is 29.7 Å². The minimum Gasteiger partial charge on any atom is -0.508 e. The van der Waals surface area contributed by atoms with Gasteiger partial charge in [0.2, 0.25) is 0 Å². The fraction of sp³-hybridized carbons (Fsp3) is 0.0714.